The summed E-state index contributed by atoms with van der Waals surface area (Å²) in [6.07, 6.45) is 0.994. The number of nitrogen functional groups attached to an aromatic ring is 1. The van der Waals surface area contributed by atoms with Gasteiger partial charge in [-0.15, -0.1) is 0 Å². The number of nitrogens with one attached hydrogen (secondary N) is 1. The molecule has 0 unspecified atom stereocenters. The highest BCUT2D eigenvalue weighted by Gasteiger charge is 2.15. The second-order valence-corrected chi connectivity index (χ2v) is 8.23. The van der Waals surface area contributed by atoms with Crippen LogP contribution < -0.4 is 10.5 Å². The maximum atomic E-state index is 11.7. The largest absolute Gasteiger partial charge is 0.399 e. The molecule has 8 heteroatoms. The molecule has 0 amide bonds. The summed E-state index contributed by atoms with van der Waals surface area (Å²) in [6, 6.07) is 4.83. The second-order valence-electron chi connectivity index (χ2n) is 4.13. The molecule has 0 atom stereocenters. The summed E-state index contributed by atoms with van der Waals surface area (Å²) in [4.78, 5) is 0. The van der Waals surface area contributed by atoms with Gasteiger partial charge in [-0.1, -0.05) is 6.07 Å². The molecule has 0 aliphatic rings. The average molecular weight is 292 g/mol. The normalized spacial score (nSPS) is 12.3. The lowest BCUT2D eigenvalue weighted by Crippen LogP contribution is -2.22. The number of nitrogens with two attached hydrogens (primary N) is 1. The zero-order valence-corrected chi connectivity index (χ0v) is 11.8. The highest BCUT2D eigenvalue weighted by atomic mass is 32.2. The first-order valence-electron chi connectivity index (χ1n) is 5.13. The van der Waals surface area contributed by atoms with E-state index in [0.717, 1.165) is 6.26 Å². The van der Waals surface area contributed by atoms with Crippen LogP contribution in [0, 0.1) is 6.92 Å². The first-order chi connectivity index (χ1) is 8.09. The Kier molecular flexibility index (Phi) is 4.23. The van der Waals surface area contributed by atoms with Crippen molar-refractivity contribution in [2.45, 2.75) is 6.92 Å². The smallest absolute Gasteiger partial charge is 0.233 e. The summed E-state index contributed by atoms with van der Waals surface area (Å²) in [5.74, 6) is -0.885. The van der Waals surface area contributed by atoms with Gasteiger partial charge in [-0.2, -0.15) is 0 Å². The molecule has 0 aliphatic heterocycles. The molecular weight excluding hydrogens is 276 g/mol. The Morgan fingerprint density at radius 3 is 2.33 bits per heavy atom. The van der Waals surface area contributed by atoms with Gasteiger partial charge in [-0.3, -0.25) is 4.72 Å². The molecule has 102 valence electrons. The van der Waals surface area contributed by atoms with Gasteiger partial charge in [-0.05, 0) is 24.6 Å². The second kappa shape index (κ2) is 5.15. The SMILES string of the molecule is Cc1ccc(N)cc1NS(=O)(=O)CCS(C)(=O)=O. The molecule has 1 rings (SSSR count). The fourth-order valence-electron chi connectivity index (χ4n) is 1.23. The van der Waals surface area contributed by atoms with Crippen molar-refractivity contribution in [1.29, 1.82) is 0 Å². The average Bonchev–Trinajstić information content (AvgIpc) is 2.20. The van der Waals surface area contributed by atoms with E-state index >= 15 is 0 Å². The summed E-state index contributed by atoms with van der Waals surface area (Å²) in [6.45, 7) is 1.73. The standard InChI is InChI=1S/C10H16N2O4S2/c1-8-3-4-9(11)7-10(8)12-18(15,16)6-5-17(2,13)14/h3-4,7,12H,5-6,11H2,1-2H3. The van der Waals surface area contributed by atoms with Gasteiger partial charge in [0.25, 0.3) is 0 Å². The van der Waals surface area contributed by atoms with Gasteiger partial charge < -0.3 is 5.73 Å². The van der Waals surface area contributed by atoms with Crippen molar-refractivity contribution in [2.24, 2.45) is 0 Å². The van der Waals surface area contributed by atoms with Crippen LogP contribution in [0.3, 0.4) is 0 Å². The van der Waals surface area contributed by atoms with Crippen LogP contribution in [0.15, 0.2) is 18.2 Å². The van der Waals surface area contributed by atoms with Gasteiger partial charge in [0.15, 0.2) is 0 Å². The van der Waals surface area contributed by atoms with Crippen LogP contribution in [-0.4, -0.2) is 34.6 Å². The van der Waals surface area contributed by atoms with Crippen molar-refractivity contribution in [3.05, 3.63) is 23.8 Å². The summed E-state index contributed by atoms with van der Waals surface area (Å²) < 4.78 is 47.6. The highest BCUT2D eigenvalue weighted by molar-refractivity contribution is 7.95. The third kappa shape index (κ3) is 4.92. The molecule has 0 bridgehead atoms. The van der Waals surface area contributed by atoms with Crippen molar-refractivity contribution < 1.29 is 16.8 Å². The molecule has 0 saturated heterocycles. The monoisotopic (exact) mass is 292 g/mol. The molecule has 0 radical (unpaired) electrons. The van der Waals surface area contributed by atoms with E-state index in [0.29, 0.717) is 16.9 Å². The fraction of sp³-hybridized carbons (Fsp3) is 0.400. The van der Waals surface area contributed by atoms with Gasteiger partial charge in [-0.25, -0.2) is 16.8 Å². The first-order valence-corrected chi connectivity index (χ1v) is 8.85. The number of sulfone groups is 1. The number of hydrogen-bond acceptors (Lipinski definition) is 5. The minimum atomic E-state index is -3.69. The van der Waals surface area contributed by atoms with Crippen molar-refractivity contribution in [2.75, 3.05) is 28.2 Å². The molecular formula is C10H16N2O4S2. The Morgan fingerprint density at radius 2 is 1.78 bits per heavy atom. The highest BCUT2D eigenvalue weighted by Crippen LogP contribution is 2.19. The molecule has 0 spiro atoms. The zero-order chi connectivity index (χ0) is 14.0. The van der Waals surface area contributed by atoms with E-state index in [-0.39, 0.29) is 0 Å². The Labute approximate surface area is 107 Å². The molecule has 1 aromatic carbocycles. The van der Waals surface area contributed by atoms with Gasteiger partial charge in [0.1, 0.15) is 9.84 Å². The van der Waals surface area contributed by atoms with Crippen LogP contribution in [0.25, 0.3) is 0 Å². The van der Waals surface area contributed by atoms with Crippen LogP contribution in [0.4, 0.5) is 11.4 Å². The molecule has 6 nitrogen and oxygen atoms in total. The molecule has 18 heavy (non-hydrogen) atoms. The van der Waals surface area contributed by atoms with E-state index in [2.05, 4.69) is 4.72 Å². The van der Waals surface area contributed by atoms with E-state index in [9.17, 15) is 16.8 Å². The Morgan fingerprint density at radius 1 is 1.17 bits per heavy atom. The zero-order valence-electron chi connectivity index (χ0n) is 10.2. The molecule has 0 fully saturated rings. The third-order valence-corrected chi connectivity index (χ3v) is 4.73. The fourth-order valence-corrected chi connectivity index (χ4v) is 3.97. The van der Waals surface area contributed by atoms with E-state index in [1.165, 1.54) is 6.07 Å². The lowest BCUT2D eigenvalue weighted by molar-refractivity contribution is 0.593. The van der Waals surface area contributed by atoms with E-state index < -0.39 is 31.4 Å². The topological polar surface area (TPSA) is 106 Å². The Hall–Kier alpha value is -1.28. The van der Waals surface area contributed by atoms with E-state index in [1.807, 2.05) is 0 Å². The molecule has 0 aliphatic carbocycles. The summed E-state index contributed by atoms with van der Waals surface area (Å²) in [7, 11) is -7.00. The summed E-state index contributed by atoms with van der Waals surface area (Å²) >= 11 is 0. The Bertz CT molecular complexity index is 636. The third-order valence-electron chi connectivity index (χ3n) is 2.25. The predicted molar refractivity (Wildman–Crippen MR) is 72.7 cm³/mol. The van der Waals surface area contributed by atoms with Gasteiger partial charge in [0, 0.05) is 11.9 Å². The van der Waals surface area contributed by atoms with Crippen molar-refractivity contribution >= 4 is 31.2 Å². The number of hydrogen-bond donors (Lipinski definition) is 2. The number of benzene rings is 1. The lowest BCUT2D eigenvalue weighted by Gasteiger charge is -2.10. The minimum absolute atomic E-state index is 0.364. The maximum absolute atomic E-state index is 11.7. The number of anilines is 2. The quantitative estimate of drug-likeness (QED) is 0.762. The van der Waals surface area contributed by atoms with E-state index in [1.54, 1.807) is 19.1 Å². The summed E-state index contributed by atoms with van der Waals surface area (Å²) in [5, 5.41) is 0. The molecule has 0 aromatic heterocycles. The molecule has 3 N–H and O–H groups in total. The number of sulfonamides is 1. The van der Waals surface area contributed by atoms with Gasteiger partial charge in [0.05, 0.1) is 17.2 Å². The van der Waals surface area contributed by atoms with Crippen molar-refractivity contribution in [1.82, 2.24) is 0 Å². The minimum Gasteiger partial charge on any atom is -0.399 e. The van der Waals surface area contributed by atoms with Crippen LogP contribution in [0.2, 0.25) is 0 Å². The lowest BCUT2D eigenvalue weighted by atomic mass is 10.2. The van der Waals surface area contributed by atoms with Crippen LogP contribution in [0.5, 0.6) is 0 Å². The number of aryl methyl sites for hydroxylation is 1. The van der Waals surface area contributed by atoms with Gasteiger partial charge >= 0.3 is 0 Å². The molecule has 1 aromatic rings. The number of rotatable bonds is 5. The van der Waals surface area contributed by atoms with Crippen LogP contribution >= 0.6 is 0 Å². The summed E-state index contributed by atoms with van der Waals surface area (Å²) in [5.41, 5.74) is 7.07. The predicted octanol–water partition coefficient (Wildman–Crippen LogP) is 0.364. The molecule has 0 heterocycles. The first kappa shape index (κ1) is 14.8. The maximum Gasteiger partial charge on any atom is 0.233 e. The molecule has 0 saturated carbocycles. The van der Waals surface area contributed by atoms with Gasteiger partial charge in [0.2, 0.25) is 10.0 Å². The van der Waals surface area contributed by atoms with E-state index in [4.69, 9.17) is 5.73 Å². The Balaban J connectivity index is 2.86. The van der Waals surface area contributed by atoms with Crippen molar-refractivity contribution in [3.8, 4) is 0 Å². The van der Waals surface area contributed by atoms with Crippen LogP contribution in [0.1, 0.15) is 5.56 Å². The van der Waals surface area contributed by atoms with Crippen molar-refractivity contribution in [3.63, 3.8) is 0 Å². The van der Waals surface area contributed by atoms with Crippen LogP contribution in [-0.2, 0) is 19.9 Å².